The van der Waals surface area contributed by atoms with Crippen LogP contribution in [0.25, 0.3) is 16.7 Å². The van der Waals surface area contributed by atoms with Crippen LogP contribution in [-0.4, -0.2) is 26.6 Å². The molecule has 1 heterocycles. The quantitative estimate of drug-likeness (QED) is 0.735. The van der Waals surface area contributed by atoms with E-state index in [0.29, 0.717) is 22.2 Å². The van der Waals surface area contributed by atoms with Gasteiger partial charge in [0.15, 0.2) is 5.70 Å². The van der Waals surface area contributed by atoms with Gasteiger partial charge in [-0.1, -0.05) is 36.4 Å². The summed E-state index contributed by atoms with van der Waals surface area (Å²) in [5.41, 5.74) is 7.64. The molecule has 1 aromatic heterocycles. The molecule has 0 bridgehead atoms. The summed E-state index contributed by atoms with van der Waals surface area (Å²) in [7, 11) is 0. The molecule has 4 rings (SSSR count). The van der Waals surface area contributed by atoms with E-state index in [-0.39, 0.29) is 23.0 Å². The van der Waals surface area contributed by atoms with Gasteiger partial charge in [0.2, 0.25) is 11.6 Å². The standard InChI is InChI=1S/C16H10N4O2/c17-13-14(20-18-11-7-3-4-8-12(11)19-20)16(22)10-6-2-1-5-9(10)15(13)21/h1-8H,17H2. The number of Topliss-reactive ketones (excluding diaryl/α,β-unsaturated/α-hetero) is 2. The number of aromatic nitrogens is 3. The zero-order chi connectivity index (χ0) is 15.3. The molecule has 0 aliphatic heterocycles. The van der Waals surface area contributed by atoms with Crippen molar-refractivity contribution in [1.82, 2.24) is 15.0 Å². The Bertz CT molecular complexity index is 951. The van der Waals surface area contributed by atoms with Crippen molar-refractivity contribution in [3.63, 3.8) is 0 Å². The van der Waals surface area contributed by atoms with E-state index in [1.54, 1.807) is 36.4 Å². The minimum absolute atomic E-state index is 0.0000926. The number of hydrogen-bond donors (Lipinski definition) is 1. The van der Waals surface area contributed by atoms with Crippen molar-refractivity contribution in [3.05, 3.63) is 65.4 Å². The molecule has 1 aliphatic rings. The molecule has 0 unspecified atom stereocenters. The number of carbonyl (C=O) groups excluding carboxylic acids is 2. The second kappa shape index (κ2) is 4.36. The number of nitrogens with two attached hydrogens (primary N) is 1. The van der Waals surface area contributed by atoms with Gasteiger partial charge < -0.3 is 5.73 Å². The molecule has 0 amide bonds. The van der Waals surface area contributed by atoms with Crippen molar-refractivity contribution in [3.8, 4) is 0 Å². The second-order valence-electron chi connectivity index (χ2n) is 4.94. The van der Waals surface area contributed by atoms with Crippen LogP contribution in [0.5, 0.6) is 0 Å². The van der Waals surface area contributed by atoms with E-state index in [4.69, 9.17) is 5.73 Å². The fourth-order valence-electron chi connectivity index (χ4n) is 2.54. The molecule has 1 aliphatic carbocycles. The number of allylic oxidation sites excluding steroid dienone is 2. The number of rotatable bonds is 1. The highest BCUT2D eigenvalue weighted by molar-refractivity contribution is 6.37. The van der Waals surface area contributed by atoms with Crippen LogP contribution < -0.4 is 5.73 Å². The van der Waals surface area contributed by atoms with E-state index in [1.165, 1.54) is 0 Å². The Morgan fingerprint density at radius 2 is 1.27 bits per heavy atom. The molecule has 106 valence electrons. The van der Waals surface area contributed by atoms with Crippen molar-refractivity contribution in [2.45, 2.75) is 0 Å². The number of benzene rings is 2. The van der Waals surface area contributed by atoms with Crippen molar-refractivity contribution < 1.29 is 9.59 Å². The summed E-state index contributed by atoms with van der Waals surface area (Å²) in [6, 6.07) is 13.8. The lowest BCUT2D eigenvalue weighted by atomic mass is 9.91. The van der Waals surface area contributed by atoms with Gasteiger partial charge in [-0.15, -0.1) is 15.0 Å². The van der Waals surface area contributed by atoms with Crippen molar-refractivity contribution in [1.29, 1.82) is 0 Å². The SMILES string of the molecule is NC1=C(n2nc3ccccc3n2)C(=O)c2ccccc2C1=O. The minimum Gasteiger partial charge on any atom is -0.394 e. The lowest BCUT2D eigenvalue weighted by molar-refractivity contribution is 0.0985. The second-order valence-corrected chi connectivity index (χ2v) is 4.94. The molecule has 6 heteroatoms. The number of ketones is 2. The molecule has 22 heavy (non-hydrogen) atoms. The van der Waals surface area contributed by atoms with Gasteiger partial charge in [-0.05, 0) is 12.1 Å². The summed E-state index contributed by atoms with van der Waals surface area (Å²) in [5, 5.41) is 8.48. The first-order valence-corrected chi connectivity index (χ1v) is 6.67. The van der Waals surface area contributed by atoms with Gasteiger partial charge in [0.05, 0.1) is 0 Å². The maximum atomic E-state index is 12.7. The average Bonchev–Trinajstić information content (AvgIpc) is 2.96. The summed E-state index contributed by atoms with van der Waals surface area (Å²) >= 11 is 0. The fraction of sp³-hybridized carbons (Fsp3) is 0. The molecular formula is C16H10N4O2. The Kier molecular flexibility index (Phi) is 2.47. The van der Waals surface area contributed by atoms with Crippen LogP contribution in [-0.2, 0) is 0 Å². The Balaban J connectivity index is 1.96. The van der Waals surface area contributed by atoms with Crippen LogP contribution in [0.1, 0.15) is 20.7 Å². The summed E-state index contributed by atoms with van der Waals surface area (Å²) in [6.07, 6.45) is 0. The normalized spacial score (nSPS) is 14.5. The molecule has 2 aromatic carbocycles. The smallest absolute Gasteiger partial charge is 0.216 e. The third-order valence-electron chi connectivity index (χ3n) is 3.62. The Hall–Kier alpha value is -3.28. The first-order valence-electron chi connectivity index (χ1n) is 6.67. The van der Waals surface area contributed by atoms with Gasteiger partial charge in [0.1, 0.15) is 16.7 Å². The summed E-state index contributed by atoms with van der Waals surface area (Å²) in [4.78, 5) is 26.2. The molecule has 0 fully saturated rings. The molecule has 0 spiro atoms. The zero-order valence-electron chi connectivity index (χ0n) is 11.4. The van der Waals surface area contributed by atoms with E-state index in [2.05, 4.69) is 10.2 Å². The van der Waals surface area contributed by atoms with Crippen molar-refractivity contribution in [2.24, 2.45) is 5.73 Å². The predicted molar refractivity (Wildman–Crippen MR) is 80.0 cm³/mol. The average molecular weight is 290 g/mol. The predicted octanol–water partition coefficient (Wildman–Crippen LogP) is 1.64. The van der Waals surface area contributed by atoms with Crippen molar-refractivity contribution >= 4 is 28.3 Å². The van der Waals surface area contributed by atoms with E-state index in [1.807, 2.05) is 12.1 Å². The lowest BCUT2D eigenvalue weighted by Gasteiger charge is -2.17. The minimum atomic E-state index is -0.383. The van der Waals surface area contributed by atoms with Crippen molar-refractivity contribution in [2.75, 3.05) is 0 Å². The highest BCUT2D eigenvalue weighted by atomic mass is 16.1. The van der Waals surface area contributed by atoms with Gasteiger partial charge in [-0.25, -0.2) is 0 Å². The topological polar surface area (TPSA) is 90.9 Å². The first kappa shape index (κ1) is 12.5. The van der Waals surface area contributed by atoms with Crippen LogP contribution >= 0.6 is 0 Å². The summed E-state index contributed by atoms with van der Waals surface area (Å²) in [6.45, 7) is 0. The highest BCUT2D eigenvalue weighted by Crippen LogP contribution is 2.26. The molecular weight excluding hydrogens is 280 g/mol. The maximum absolute atomic E-state index is 12.7. The Morgan fingerprint density at radius 1 is 0.773 bits per heavy atom. The highest BCUT2D eigenvalue weighted by Gasteiger charge is 2.32. The Morgan fingerprint density at radius 3 is 1.86 bits per heavy atom. The van der Waals surface area contributed by atoms with E-state index in [9.17, 15) is 9.59 Å². The van der Waals surface area contributed by atoms with Crippen LogP contribution in [0.3, 0.4) is 0 Å². The molecule has 0 saturated carbocycles. The maximum Gasteiger partial charge on any atom is 0.216 e. The molecule has 0 atom stereocenters. The monoisotopic (exact) mass is 290 g/mol. The third kappa shape index (κ3) is 1.61. The fourth-order valence-corrected chi connectivity index (χ4v) is 2.54. The largest absolute Gasteiger partial charge is 0.394 e. The summed E-state index contributed by atoms with van der Waals surface area (Å²) in [5.74, 6) is -0.737. The van der Waals surface area contributed by atoms with Gasteiger partial charge >= 0.3 is 0 Å². The number of nitrogens with zero attached hydrogens (tertiary/aromatic N) is 3. The lowest BCUT2D eigenvalue weighted by Crippen LogP contribution is -2.29. The number of hydrogen-bond acceptors (Lipinski definition) is 5. The van der Waals surface area contributed by atoms with E-state index >= 15 is 0 Å². The molecule has 0 radical (unpaired) electrons. The van der Waals surface area contributed by atoms with E-state index < -0.39 is 0 Å². The molecule has 0 saturated heterocycles. The number of fused-ring (bicyclic) bond motifs is 2. The van der Waals surface area contributed by atoms with Gasteiger partial charge in [0, 0.05) is 11.1 Å². The molecule has 3 aromatic rings. The zero-order valence-corrected chi connectivity index (χ0v) is 11.4. The number of carbonyl (C=O) groups is 2. The summed E-state index contributed by atoms with van der Waals surface area (Å²) < 4.78 is 0. The van der Waals surface area contributed by atoms with Gasteiger partial charge in [0.25, 0.3) is 0 Å². The Labute approximate surface area is 124 Å². The van der Waals surface area contributed by atoms with Crippen LogP contribution in [0.2, 0.25) is 0 Å². The third-order valence-corrected chi connectivity index (χ3v) is 3.62. The van der Waals surface area contributed by atoms with E-state index in [0.717, 1.165) is 4.80 Å². The van der Waals surface area contributed by atoms with Crippen LogP contribution in [0.15, 0.2) is 54.2 Å². The first-order chi connectivity index (χ1) is 10.7. The van der Waals surface area contributed by atoms with Gasteiger partial charge in [-0.2, -0.15) is 0 Å². The van der Waals surface area contributed by atoms with Crippen LogP contribution in [0, 0.1) is 0 Å². The van der Waals surface area contributed by atoms with Crippen LogP contribution in [0.4, 0.5) is 0 Å². The molecule has 2 N–H and O–H groups in total. The molecule has 6 nitrogen and oxygen atoms in total. The van der Waals surface area contributed by atoms with Gasteiger partial charge in [-0.3, -0.25) is 9.59 Å².